The minimum absolute atomic E-state index is 1.04. The summed E-state index contributed by atoms with van der Waals surface area (Å²) in [7, 11) is 0. The van der Waals surface area contributed by atoms with Gasteiger partial charge in [0.2, 0.25) is 0 Å². The van der Waals surface area contributed by atoms with Crippen LogP contribution >= 0.6 is 36.5 Å². The highest BCUT2D eigenvalue weighted by Crippen LogP contribution is 2.34. The SMILES string of the molecule is C/C(SNS/C(C)=C/c1c(C)cc(C)cc1C)=C(/S)c1c(C)cc(C)cc1C. The molecule has 0 amide bonds. The second-order valence-corrected chi connectivity index (χ2v) is 10.3. The Labute approximate surface area is 185 Å². The van der Waals surface area contributed by atoms with Crippen LogP contribution in [-0.4, -0.2) is 0 Å². The number of nitrogens with one attached hydrogen (secondary N) is 1. The van der Waals surface area contributed by atoms with E-state index in [9.17, 15) is 0 Å². The largest absolute Gasteiger partial charge is 0.200 e. The summed E-state index contributed by atoms with van der Waals surface area (Å²) < 4.78 is 3.41. The zero-order valence-electron chi connectivity index (χ0n) is 18.2. The molecule has 0 aliphatic carbocycles. The smallest absolute Gasteiger partial charge is 0.0224 e. The van der Waals surface area contributed by atoms with Crippen molar-refractivity contribution in [2.75, 3.05) is 0 Å². The molecule has 0 fully saturated rings. The highest BCUT2D eigenvalue weighted by molar-refractivity contribution is 8.16. The van der Waals surface area contributed by atoms with Crippen molar-refractivity contribution in [1.29, 1.82) is 0 Å². The van der Waals surface area contributed by atoms with E-state index < -0.39 is 0 Å². The Bertz CT molecular complexity index is 893. The van der Waals surface area contributed by atoms with Crippen molar-refractivity contribution in [2.45, 2.75) is 55.4 Å². The molecule has 2 aromatic rings. The Balaban J connectivity index is 2.09. The third-order valence-electron chi connectivity index (χ3n) is 4.73. The monoisotopic (exact) mass is 429 g/mol. The second-order valence-electron chi connectivity index (χ2n) is 7.53. The average molecular weight is 430 g/mol. The minimum atomic E-state index is 1.04. The van der Waals surface area contributed by atoms with Crippen molar-refractivity contribution >= 4 is 47.5 Å². The molecule has 0 bridgehead atoms. The molecular formula is C24H31NS3. The number of hydrogen-bond acceptors (Lipinski definition) is 4. The molecule has 0 saturated heterocycles. The second kappa shape index (κ2) is 10.1. The Morgan fingerprint density at radius 1 is 0.786 bits per heavy atom. The number of rotatable bonds is 6. The lowest BCUT2D eigenvalue weighted by Gasteiger charge is -2.14. The van der Waals surface area contributed by atoms with Crippen molar-refractivity contribution in [3.05, 3.63) is 78.6 Å². The Kier molecular flexibility index (Phi) is 8.38. The third kappa shape index (κ3) is 5.96. The van der Waals surface area contributed by atoms with Gasteiger partial charge in [0.05, 0.1) is 0 Å². The van der Waals surface area contributed by atoms with E-state index in [1.807, 2.05) is 0 Å². The molecule has 1 N–H and O–H groups in total. The van der Waals surface area contributed by atoms with Crippen LogP contribution in [0, 0.1) is 41.5 Å². The van der Waals surface area contributed by atoms with Crippen LogP contribution in [0.15, 0.2) is 34.1 Å². The molecule has 0 saturated carbocycles. The summed E-state index contributed by atoms with van der Waals surface area (Å²) in [5, 5.41) is 0. The Morgan fingerprint density at radius 3 is 1.75 bits per heavy atom. The van der Waals surface area contributed by atoms with Crippen molar-refractivity contribution in [2.24, 2.45) is 0 Å². The van der Waals surface area contributed by atoms with Gasteiger partial charge in [0, 0.05) is 9.81 Å². The van der Waals surface area contributed by atoms with Crippen LogP contribution in [0.2, 0.25) is 0 Å². The first-order valence-electron chi connectivity index (χ1n) is 9.43. The van der Waals surface area contributed by atoms with E-state index in [4.69, 9.17) is 12.6 Å². The Morgan fingerprint density at radius 2 is 1.25 bits per heavy atom. The van der Waals surface area contributed by atoms with Crippen LogP contribution in [-0.2, 0) is 0 Å². The van der Waals surface area contributed by atoms with Gasteiger partial charge in [-0.3, -0.25) is 0 Å². The molecule has 4 heteroatoms. The van der Waals surface area contributed by atoms with Crippen LogP contribution in [0.3, 0.4) is 0 Å². The molecule has 0 spiro atoms. The summed E-state index contributed by atoms with van der Waals surface area (Å²) >= 11 is 8.10. The Hall–Kier alpha value is -1.07. The molecule has 0 radical (unpaired) electrons. The first kappa shape index (κ1) is 23.2. The third-order valence-corrected chi connectivity index (χ3v) is 7.06. The molecule has 28 heavy (non-hydrogen) atoms. The van der Waals surface area contributed by atoms with E-state index in [0.29, 0.717) is 0 Å². The normalized spacial score (nSPS) is 13.0. The highest BCUT2D eigenvalue weighted by atomic mass is 32.2. The lowest BCUT2D eigenvalue weighted by molar-refractivity contribution is 1.30. The summed E-state index contributed by atoms with van der Waals surface area (Å²) in [5.41, 5.74) is 10.4. The van der Waals surface area contributed by atoms with E-state index in [2.05, 4.69) is 89.9 Å². The van der Waals surface area contributed by atoms with E-state index in [-0.39, 0.29) is 0 Å². The summed E-state index contributed by atoms with van der Waals surface area (Å²) in [4.78, 5) is 3.44. The van der Waals surface area contributed by atoms with Crippen LogP contribution in [0.4, 0.5) is 0 Å². The minimum Gasteiger partial charge on any atom is -0.200 e. The van der Waals surface area contributed by atoms with Gasteiger partial charge in [-0.05, 0) is 124 Å². The lowest BCUT2D eigenvalue weighted by Crippen LogP contribution is -1.95. The fraction of sp³-hybridized carbons (Fsp3) is 0.333. The van der Waals surface area contributed by atoms with E-state index >= 15 is 0 Å². The fourth-order valence-electron chi connectivity index (χ4n) is 3.58. The average Bonchev–Trinajstić information content (AvgIpc) is 2.56. The molecule has 2 rings (SSSR count). The molecule has 0 aliphatic rings. The number of thiol groups is 1. The first-order chi connectivity index (χ1) is 13.1. The van der Waals surface area contributed by atoms with Gasteiger partial charge in [-0.1, -0.05) is 35.4 Å². The first-order valence-corrected chi connectivity index (χ1v) is 11.5. The number of hydrogen-bond donors (Lipinski definition) is 2. The number of aryl methyl sites for hydroxylation is 6. The lowest BCUT2D eigenvalue weighted by atomic mass is 9.99. The maximum absolute atomic E-state index is 4.82. The molecule has 0 unspecified atom stereocenters. The van der Waals surface area contributed by atoms with Gasteiger partial charge in [-0.2, -0.15) is 4.13 Å². The van der Waals surface area contributed by atoms with Gasteiger partial charge in [0.15, 0.2) is 0 Å². The van der Waals surface area contributed by atoms with Crippen molar-refractivity contribution < 1.29 is 0 Å². The van der Waals surface area contributed by atoms with Gasteiger partial charge in [0.1, 0.15) is 0 Å². The predicted octanol–water partition coefficient (Wildman–Crippen LogP) is 8.10. The summed E-state index contributed by atoms with van der Waals surface area (Å²) in [6.07, 6.45) is 2.26. The zero-order chi connectivity index (χ0) is 21.0. The molecular weight excluding hydrogens is 398 g/mol. The molecule has 0 heterocycles. The standard InChI is InChI=1S/C24H31NS3/c1-14-9-16(3)22(17(4)10-14)13-20(7)27-25-28-21(8)24(26)23-18(5)11-15(2)12-19(23)6/h9-13,25-26H,1-8H3/b20-13+,24-21-. The van der Waals surface area contributed by atoms with Crippen LogP contribution in [0.5, 0.6) is 0 Å². The van der Waals surface area contributed by atoms with E-state index in [1.54, 1.807) is 23.9 Å². The summed E-state index contributed by atoms with van der Waals surface area (Å²) in [5.74, 6) is 0. The van der Waals surface area contributed by atoms with E-state index in [1.165, 1.54) is 54.3 Å². The van der Waals surface area contributed by atoms with Crippen LogP contribution in [0.1, 0.15) is 58.4 Å². The fourth-order valence-corrected chi connectivity index (χ4v) is 5.64. The van der Waals surface area contributed by atoms with Crippen molar-refractivity contribution in [3.8, 4) is 0 Å². The molecule has 0 aromatic heterocycles. The molecule has 0 atom stereocenters. The van der Waals surface area contributed by atoms with Gasteiger partial charge in [0.25, 0.3) is 0 Å². The van der Waals surface area contributed by atoms with E-state index in [0.717, 1.165) is 4.91 Å². The topological polar surface area (TPSA) is 12.0 Å². The van der Waals surface area contributed by atoms with Gasteiger partial charge < -0.3 is 0 Å². The van der Waals surface area contributed by atoms with Crippen LogP contribution in [0.25, 0.3) is 11.0 Å². The number of benzene rings is 2. The van der Waals surface area contributed by atoms with Gasteiger partial charge in [-0.25, -0.2) is 0 Å². The van der Waals surface area contributed by atoms with Crippen molar-refractivity contribution in [1.82, 2.24) is 4.13 Å². The maximum atomic E-state index is 4.82. The zero-order valence-corrected chi connectivity index (χ0v) is 20.7. The highest BCUT2D eigenvalue weighted by Gasteiger charge is 2.10. The number of allylic oxidation sites excluding steroid dienone is 2. The molecule has 0 aliphatic heterocycles. The molecule has 2 aromatic carbocycles. The van der Waals surface area contributed by atoms with Crippen LogP contribution < -0.4 is 4.13 Å². The predicted molar refractivity (Wildman–Crippen MR) is 135 cm³/mol. The molecule has 150 valence electrons. The summed E-state index contributed by atoms with van der Waals surface area (Å²) in [6, 6.07) is 8.92. The maximum Gasteiger partial charge on any atom is 0.0224 e. The van der Waals surface area contributed by atoms with Gasteiger partial charge in [-0.15, -0.1) is 12.6 Å². The quantitative estimate of drug-likeness (QED) is 0.355. The van der Waals surface area contributed by atoms with Crippen molar-refractivity contribution in [3.63, 3.8) is 0 Å². The van der Waals surface area contributed by atoms with Gasteiger partial charge >= 0.3 is 0 Å². The molecule has 1 nitrogen and oxygen atoms in total. The summed E-state index contributed by atoms with van der Waals surface area (Å²) in [6.45, 7) is 17.2.